The summed E-state index contributed by atoms with van der Waals surface area (Å²) in [7, 11) is 1.34. The van der Waals surface area contributed by atoms with Crippen molar-refractivity contribution in [3.05, 3.63) is 96.3 Å². The maximum atomic E-state index is 15.0. The van der Waals surface area contributed by atoms with E-state index in [-0.39, 0.29) is 0 Å². The first-order chi connectivity index (χ1) is 17.5. The standard InChI is InChI=1S/C28H19N3O2P.ClH.Pt/c1-17-15-18(2)31(30-17)19-11-12-22-21-8-4-6-10-25(21)34(32,26(22)16-19)27-14-13-23-20-7-3-5-9-24(20)33-28(23)29-27;;/h3-15H,1-2H3;1H;/q-1;;+2/p-1. The van der Waals surface area contributed by atoms with Crippen molar-refractivity contribution in [2.24, 2.45) is 0 Å². The summed E-state index contributed by atoms with van der Waals surface area (Å²) in [4.78, 5) is 4.82. The van der Waals surface area contributed by atoms with Gasteiger partial charge in [-0.15, -0.1) is 17.7 Å². The third-order valence-electron chi connectivity index (χ3n) is 6.55. The Morgan fingerprint density at radius 2 is 1.69 bits per heavy atom. The van der Waals surface area contributed by atoms with Gasteiger partial charge in [-0.25, -0.2) is 4.98 Å². The third-order valence-corrected chi connectivity index (χ3v) is 9.49. The Kier molecular flexibility index (Phi) is 5.76. The number of benzene rings is 3. The van der Waals surface area contributed by atoms with Gasteiger partial charge in [-0.2, -0.15) is 11.2 Å². The Bertz CT molecular complexity index is 1840. The molecule has 180 valence electrons. The molecule has 1 aliphatic heterocycles. The average Bonchev–Trinajstić information content (AvgIpc) is 3.54. The van der Waals surface area contributed by atoms with Gasteiger partial charge in [0.05, 0.1) is 5.69 Å². The van der Waals surface area contributed by atoms with Crippen LogP contribution in [0.2, 0.25) is 0 Å². The van der Waals surface area contributed by atoms with E-state index >= 15 is 4.57 Å². The molecule has 36 heavy (non-hydrogen) atoms. The first-order valence-electron chi connectivity index (χ1n) is 11.3. The van der Waals surface area contributed by atoms with Crippen LogP contribution in [0.3, 0.4) is 0 Å². The van der Waals surface area contributed by atoms with Crippen LogP contribution >= 0.6 is 16.6 Å². The molecule has 1 unspecified atom stereocenters. The molecule has 3 aromatic carbocycles. The van der Waals surface area contributed by atoms with Crippen molar-refractivity contribution in [1.29, 1.82) is 0 Å². The Morgan fingerprint density at radius 3 is 2.50 bits per heavy atom. The Balaban J connectivity index is 0.00000117. The second-order valence-corrected chi connectivity index (χ2v) is 11.3. The monoisotopic (exact) mass is 690 g/mol. The van der Waals surface area contributed by atoms with Gasteiger partial charge in [0.2, 0.25) is 5.71 Å². The SMILES string of the molecule is Cc1cc(C)n(-c2[c-]c3c(cc2)-c2ccccc2P3(=O)c2ccc3c(n2)oc2ccccc23)n1.[Cl][Pt+]. The molecule has 0 amide bonds. The topological polar surface area (TPSA) is 60.9 Å². The van der Waals surface area contributed by atoms with Gasteiger partial charge in [0.1, 0.15) is 11.0 Å². The fourth-order valence-corrected chi connectivity index (χ4v) is 7.91. The molecule has 6 aromatic rings. The number of aromatic nitrogens is 3. The van der Waals surface area contributed by atoms with Crippen molar-refractivity contribution in [3.63, 3.8) is 0 Å². The minimum absolute atomic E-state index is 0.495. The average molecular weight is 691 g/mol. The van der Waals surface area contributed by atoms with Gasteiger partial charge in [-0.05, 0) is 43.8 Å². The van der Waals surface area contributed by atoms with E-state index < -0.39 is 7.14 Å². The van der Waals surface area contributed by atoms with Gasteiger partial charge in [-0.3, -0.25) is 4.68 Å². The second-order valence-electron chi connectivity index (χ2n) is 8.69. The van der Waals surface area contributed by atoms with Crippen LogP contribution in [0.4, 0.5) is 0 Å². The predicted molar refractivity (Wildman–Crippen MR) is 141 cm³/mol. The molecule has 0 N–H and O–H groups in total. The molecule has 4 heterocycles. The van der Waals surface area contributed by atoms with Crippen LogP contribution in [0, 0.1) is 19.9 Å². The van der Waals surface area contributed by atoms with Crippen LogP contribution in [-0.4, -0.2) is 14.8 Å². The first kappa shape index (κ1) is 23.4. The van der Waals surface area contributed by atoms with E-state index in [0.717, 1.165) is 49.9 Å². The molecule has 1 aliphatic rings. The van der Waals surface area contributed by atoms with Crippen molar-refractivity contribution in [1.82, 2.24) is 14.8 Å². The maximum absolute atomic E-state index is 15.0. The number of fused-ring (bicyclic) bond motifs is 6. The van der Waals surface area contributed by atoms with E-state index in [1.54, 1.807) is 18.8 Å². The fraction of sp³-hybridized carbons (Fsp3) is 0.0714. The Morgan fingerprint density at radius 1 is 0.917 bits per heavy atom. The van der Waals surface area contributed by atoms with E-state index in [0.29, 0.717) is 16.5 Å². The predicted octanol–water partition coefficient (Wildman–Crippen LogP) is 5.89. The Labute approximate surface area is 223 Å². The summed E-state index contributed by atoms with van der Waals surface area (Å²) in [5.41, 5.74) is 6.35. The molecule has 0 aliphatic carbocycles. The summed E-state index contributed by atoms with van der Waals surface area (Å²) in [6.45, 7) is 3.97. The summed E-state index contributed by atoms with van der Waals surface area (Å²) in [5, 5.41) is 7.98. The number of rotatable bonds is 2. The third kappa shape index (κ3) is 3.38. The normalized spacial score (nSPS) is 16.0. The fourth-order valence-electron chi connectivity index (χ4n) is 5.04. The van der Waals surface area contributed by atoms with Crippen LogP contribution in [0.25, 0.3) is 38.9 Å². The molecule has 8 heteroatoms. The van der Waals surface area contributed by atoms with Crippen molar-refractivity contribution in [3.8, 4) is 16.8 Å². The number of hydrogen-bond acceptors (Lipinski definition) is 4. The summed E-state index contributed by atoms with van der Waals surface area (Å²) >= 11 is 1.61. The molecule has 1 atom stereocenters. The molecule has 0 saturated carbocycles. The van der Waals surface area contributed by atoms with Crippen molar-refractivity contribution < 1.29 is 27.8 Å². The first-order valence-corrected chi connectivity index (χ1v) is 15.8. The molecule has 0 spiro atoms. The second kappa shape index (κ2) is 8.85. The number of furan rings is 1. The summed E-state index contributed by atoms with van der Waals surface area (Å²) in [6.07, 6.45) is 0. The zero-order chi connectivity index (χ0) is 25.0. The van der Waals surface area contributed by atoms with Gasteiger partial charge in [0, 0.05) is 21.8 Å². The minimum atomic E-state index is -3.27. The molecule has 3 aromatic heterocycles. The number of nitrogens with zero attached hydrogens (tertiary/aromatic N) is 3. The zero-order valence-corrected chi connectivity index (χ0v) is 23.2. The quantitative estimate of drug-likeness (QED) is 0.168. The van der Waals surface area contributed by atoms with Crippen LogP contribution in [0.5, 0.6) is 0 Å². The molecule has 7 rings (SSSR count). The number of para-hydroxylation sites is 1. The van der Waals surface area contributed by atoms with E-state index in [1.807, 2.05) is 97.4 Å². The molecule has 5 nitrogen and oxygen atoms in total. The van der Waals surface area contributed by atoms with Gasteiger partial charge in [-0.1, -0.05) is 53.3 Å². The van der Waals surface area contributed by atoms with Gasteiger partial charge in [0.25, 0.3) is 0 Å². The van der Waals surface area contributed by atoms with Crippen molar-refractivity contribution >= 4 is 54.7 Å². The van der Waals surface area contributed by atoms with E-state index in [9.17, 15) is 0 Å². The number of aryl methyl sites for hydroxylation is 2. The van der Waals surface area contributed by atoms with Gasteiger partial charge >= 0.3 is 28.2 Å². The van der Waals surface area contributed by atoms with E-state index in [4.69, 9.17) is 9.40 Å². The van der Waals surface area contributed by atoms with Crippen LogP contribution in [0.15, 0.2) is 83.3 Å². The molecule has 0 fully saturated rings. The number of halogens is 1. The summed E-state index contributed by atoms with van der Waals surface area (Å²) in [6, 6.07) is 29.1. The Hall–Kier alpha value is -2.97. The van der Waals surface area contributed by atoms with E-state index in [1.165, 1.54) is 0 Å². The van der Waals surface area contributed by atoms with Crippen LogP contribution in [0.1, 0.15) is 11.4 Å². The molecule has 0 bridgehead atoms. The van der Waals surface area contributed by atoms with Gasteiger partial charge in [0.15, 0.2) is 7.14 Å². The van der Waals surface area contributed by atoms with Crippen molar-refractivity contribution in [2.75, 3.05) is 0 Å². The van der Waals surface area contributed by atoms with E-state index in [2.05, 4.69) is 20.6 Å². The molecule has 0 saturated heterocycles. The summed E-state index contributed by atoms with van der Waals surface area (Å²) in [5.74, 6) is 0. The number of pyridine rings is 1. The van der Waals surface area contributed by atoms with Crippen LogP contribution < -0.4 is 16.0 Å². The van der Waals surface area contributed by atoms with Crippen molar-refractivity contribution in [2.45, 2.75) is 13.8 Å². The van der Waals surface area contributed by atoms with Crippen LogP contribution in [-0.2, 0) is 23.3 Å². The number of hydrogen-bond donors (Lipinski definition) is 0. The zero-order valence-electron chi connectivity index (χ0n) is 19.3. The molecular formula is C28H19ClN3O2PPt. The molecular weight excluding hydrogens is 672 g/mol. The summed E-state index contributed by atoms with van der Waals surface area (Å²) < 4.78 is 22.9. The molecule has 0 radical (unpaired) electrons. The van der Waals surface area contributed by atoms with Gasteiger partial charge < -0.3 is 8.98 Å².